The molecule has 1 saturated heterocycles. The van der Waals surface area contributed by atoms with Gasteiger partial charge in [0.15, 0.2) is 0 Å². The fourth-order valence-electron chi connectivity index (χ4n) is 2.11. The third-order valence-electron chi connectivity index (χ3n) is 3.48. The molecule has 6 nitrogen and oxygen atoms in total. The average molecular weight is 276 g/mol. The number of carbonyl (C=O) groups excluding carboxylic acids is 2. The van der Waals surface area contributed by atoms with Crippen molar-refractivity contribution in [2.75, 3.05) is 6.54 Å². The minimum Gasteiger partial charge on any atom is -0.478 e. The molecule has 0 unspecified atom stereocenters. The van der Waals surface area contributed by atoms with Gasteiger partial charge in [-0.05, 0) is 31.5 Å². The molecule has 2 rings (SSSR count). The molecule has 20 heavy (non-hydrogen) atoms. The Labute approximate surface area is 116 Å². The maximum Gasteiger partial charge on any atom is 0.335 e. The molecule has 0 spiro atoms. The summed E-state index contributed by atoms with van der Waals surface area (Å²) in [6.45, 7) is 3.91. The summed E-state index contributed by atoms with van der Waals surface area (Å²) in [5.74, 6) is -1.69. The molecular formula is C14H16N2O4. The first-order valence-corrected chi connectivity index (χ1v) is 6.22. The number of hydrogen-bond donors (Lipinski definition) is 2. The number of carbonyl (C=O) groups is 3. The van der Waals surface area contributed by atoms with Crippen molar-refractivity contribution in [3.05, 3.63) is 35.4 Å². The second-order valence-electron chi connectivity index (χ2n) is 5.30. The first-order valence-electron chi connectivity index (χ1n) is 6.22. The Hall–Kier alpha value is -2.21. The van der Waals surface area contributed by atoms with Crippen LogP contribution < -0.4 is 5.32 Å². The molecule has 6 heteroatoms. The van der Waals surface area contributed by atoms with Crippen molar-refractivity contribution in [1.29, 1.82) is 0 Å². The van der Waals surface area contributed by atoms with Crippen LogP contribution >= 0.6 is 0 Å². The fraction of sp³-hybridized carbons (Fsp3) is 0.357. The Balaban J connectivity index is 2.24. The summed E-state index contributed by atoms with van der Waals surface area (Å²) in [7, 11) is 0. The van der Waals surface area contributed by atoms with Gasteiger partial charge >= 0.3 is 5.97 Å². The molecule has 0 aromatic heterocycles. The predicted molar refractivity (Wildman–Crippen MR) is 71.0 cm³/mol. The highest BCUT2D eigenvalue weighted by Gasteiger charge is 2.40. The van der Waals surface area contributed by atoms with Crippen LogP contribution in [0.2, 0.25) is 0 Å². The van der Waals surface area contributed by atoms with E-state index in [1.807, 2.05) is 0 Å². The minimum atomic E-state index is -1.00. The van der Waals surface area contributed by atoms with Gasteiger partial charge in [-0.15, -0.1) is 0 Å². The molecular weight excluding hydrogens is 260 g/mol. The van der Waals surface area contributed by atoms with Gasteiger partial charge in [0.05, 0.1) is 17.6 Å². The molecule has 1 aromatic rings. The van der Waals surface area contributed by atoms with E-state index in [1.54, 1.807) is 36.9 Å². The van der Waals surface area contributed by atoms with Crippen molar-refractivity contribution < 1.29 is 19.5 Å². The van der Waals surface area contributed by atoms with E-state index in [0.29, 0.717) is 6.54 Å². The Kier molecular flexibility index (Phi) is 3.59. The van der Waals surface area contributed by atoms with E-state index in [9.17, 15) is 14.4 Å². The van der Waals surface area contributed by atoms with Crippen LogP contribution in [0.3, 0.4) is 0 Å². The van der Waals surface area contributed by atoms with E-state index < -0.39 is 11.5 Å². The van der Waals surface area contributed by atoms with Crippen LogP contribution in [0.5, 0.6) is 0 Å². The molecule has 106 valence electrons. The first kappa shape index (κ1) is 14.2. The highest BCUT2D eigenvalue weighted by Crippen LogP contribution is 2.21. The topological polar surface area (TPSA) is 86.7 Å². The number of piperazine rings is 1. The van der Waals surface area contributed by atoms with E-state index in [-0.39, 0.29) is 23.9 Å². The molecule has 0 radical (unpaired) electrons. The quantitative estimate of drug-likeness (QED) is 0.790. The molecule has 1 fully saturated rings. The monoisotopic (exact) mass is 276 g/mol. The average Bonchev–Trinajstić information content (AvgIpc) is 2.36. The summed E-state index contributed by atoms with van der Waals surface area (Å²) >= 11 is 0. The molecule has 0 atom stereocenters. The van der Waals surface area contributed by atoms with Crippen LogP contribution in [-0.4, -0.2) is 39.9 Å². The summed E-state index contributed by atoms with van der Waals surface area (Å²) in [6, 6.07) is 6.48. The lowest BCUT2D eigenvalue weighted by atomic mass is 9.97. The second-order valence-corrected chi connectivity index (χ2v) is 5.30. The SMILES string of the molecule is CC1(C)C(=O)NC(=O)CN1Cc1cccc(C(=O)O)c1. The molecule has 1 heterocycles. The van der Waals surface area contributed by atoms with Gasteiger partial charge in [-0.2, -0.15) is 0 Å². The normalized spacial score (nSPS) is 18.7. The van der Waals surface area contributed by atoms with Crippen LogP contribution in [0.15, 0.2) is 24.3 Å². The maximum atomic E-state index is 11.8. The molecule has 1 aliphatic rings. The first-order chi connectivity index (χ1) is 9.30. The molecule has 0 aliphatic carbocycles. The van der Waals surface area contributed by atoms with Crippen molar-refractivity contribution in [3.8, 4) is 0 Å². The number of nitrogens with zero attached hydrogens (tertiary/aromatic N) is 1. The van der Waals surface area contributed by atoms with E-state index in [0.717, 1.165) is 5.56 Å². The van der Waals surface area contributed by atoms with E-state index in [4.69, 9.17) is 5.11 Å². The van der Waals surface area contributed by atoms with Gasteiger partial charge in [0.2, 0.25) is 11.8 Å². The van der Waals surface area contributed by atoms with Crippen molar-refractivity contribution >= 4 is 17.8 Å². The van der Waals surface area contributed by atoms with E-state index in [2.05, 4.69) is 5.32 Å². The van der Waals surface area contributed by atoms with Crippen LogP contribution in [0.25, 0.3) is 0 Å². The van der Waals surface area contributed by atoms with Crippen molar-refractivity contribution in [2.24, 2.45) is 0 Å². The Bertz CT molecular complexity index is 580. The lowest BCUT2D eigenvalue weighted by Crippen LogP contribution is -2.63. The summed E-state index contributed by atoms with van der Waals surface area (Å²) < 4.78 is 0. The van der Waals surface area contributed by atoms with Gasteiger partial charge in [0.25, 0.3) is 0 Å². The van der Waals surface area contributed by atoms with Gasteiger partial charge in [-0.25, -0.2) is 4.79 Å². The third-order valence-corrected chi connectivity index (χ3v) is 3.48. The van der Waals surface area contributed by atoms with E-state index in [1.165, 1.54) is 6.07 Å². The zero-order valence-electron chi connectivity index (χ0n) is 11.3. The zero-order chi connectivity index (χ0) is 14.9. The number of benzene rings is 1. The van der Waals surface area contributed by atoms with Gasteiger partial charge in [0.1, 0.15) is 0 Å². The minimum absolute atomic E-state index is 0.107. The van der Waals surface area contributed by atoms with Crippen molar-refractivity contribution in [1.82, 2.24) is 10.2 Å². The number of nitrogens with one attached hydrogen (secondary N) is 1. The summed E-state index contributed by atoms with van der Waals surface area (Å²) in [5, 5.41) is 11.3. The fourth-order valence-corrected chi connectivity index (χ4v) is 2.11. The molecule has 1 aliphatic heterocycles. The van der Waals surface area contributed by atoms with Gasteiger partial charge < -0.3 is 5.11 Å². The van der Waals surface area contributed by atoms with Crippen LogP contribution in [0.1, 0.15) is 29.8 Å². The standard InChI is InChI=1S/C14H16N2O4/c1-14(2)13(20)15-11(17)8-16(14)7-9-4-3-5-10(6-9)12(18)19/h3-6H,7-8H2,1-2H3,(H,18,19)(H,15,17,20). The molecule has 1 aromatic carbocycles. The largest absolute Gasteiger partial charge is 0.478 e. The highest BCUT2D eigenvalue weighted by atomic mass is 16.4. The summed E-state index contributed by atoms with van der Waals surface area (Å²) in [5.41, 5.74) is 0.126. The summed E-state index contributed by atoms with van der Waals surface area (Å²) in [4.78, 5) is 36.0. The van der Waals surface area contributed by atoms with Crippen molar-refractivity contribution in [3.63, 3.8) is 0 Å². The third kappa shape index (κ3) is 2.70. The number of carboxylic acid groups (broad SMARTS) is 1. The smallest absolute Gasteiger partial charge is 0.335 e. The Morgan fingerprint density at radius 1 is 1.40 bits per heavy atom. The summed E-state index contributed by atoms with van der Waals surface area (Å²) in [6.07, 6.45) is 0. The predicted octanol–water partition coefficient (Wildman–Crippen LogP) is 0.622. The van der Waals surface area contributed by atoms with Crippen molar-refractivity contribution in [2.45, 2.75) is 25.9 Å². The van der Waals surface area contributed by atoms with Gasteiger partial charge in [-0.1, -0.05) is 12.1 Å². The zero-order valence-corrected chi connectivity index (χ0v) is 11.3. The number of hydrogen-bond acceptors (Lipinski definition) is 4. The van der Waals surface area contributed by atoms with Crippen LogP contribution in [0.4, 0.5) is 0 Å². The number of imide groups is 1. The van der Waals surface area contributed by atoms with Gasteiger partial charge in [0, 0.05) is 6.54 Å². The van der Waals surface area contributed by atoms with Crippen LogP contribution in [0, 0.1) is 0 Å². The molecule has 2 N–H and O–H groups in total. The molecule has 2 amide bonds. The van der Waals surface area contributed by atoms with E-state index >= 15 is 0 Å². The Morgan fingerprint density at radius 2 is 2.10 bits per heavy atom. The number of rotatable bonds is 3. The highest BCUT2D eigenvalue weighted by molar-refractivity contribution is 6.02. The maximum absolute atomic E-state index is 11.8. The lowest BCUT2D eigenvalue weighted by Gasteiger charge is -2.40. The number of aromatic carboxylic acids is 1. The van der Waals surface area contributed by atoms with Gasteiger partial charge in [-0.3, -0.25) is 19.8 Å². The molecule has 0 bridgehead atoms. The molecule has 0 saturated carbocycles. The van der Waals surface area contributed by atoms with Crippen LogP contribution in [-0.2, 0) is 16.1 Å². The number of carboxylic acids is 1. The Morgan fingerprint density at radius 3 is 2.75 bits per heavy atom. The number of amides is 2. The lowest BCUT2D eigenvalue weighted by molar-refractivity contribution is -0.145. The second kappa shape index (κ2) is 5.05.